The summed E-state index contributed by atoms with van der Waals surface area (Å²) in [5, 5.41) is 6.20. The number of hydrogen-bond acceptors (Lipinski definition) is 5. The van der Waals surface area contributed by atoms with Gasteiger partial charge in [0.1, 0.15) is 0 Å². The first-order chi connectivity index (χ1) is 11.3. The van der Waals surface area contributed by atoms with Crippen LogP contribution in [0, 0.1) is 5.92 Å². The lowest BCUT2D eigenvalue weighted by atomic mass is 10.1. The molecular weight excluding hydrogens is 330 g/mol. The fourth-order valence-corrected chi connectivity index (χ4v) is 3.16. The Morgan fingerprint density at radius 3 is 2.58 bits per heavy atom. The summed E-state index contributed by atoms with van der Waals surface area (Å²) in [6, 6.07) is 0. The first-order valence-corrected chi connectivity index (χ1v) is 10.2. The van der Waals surface area contributed by atoms with E-state index in [0.717, 1.165) is 39.2 Å². The summed E-state index contributed by atoms with van der Waals surface area (Å²) in [6.45, 7) is 9.34. The topological polar surface area (TPSA) is 89.0 Å². The Hall–Kier alpha value is -0.860. The third-order valence-corrected chi connectivity index (χ3v) is 6.56. The molecule has 0 saturated carbocycles. The zero-order valence-corrected chi connectivity index (χ0v) is 16.2. The van der Waals surface area contributed by atoms with E-state index in [4.69, 9.17) is 9.47 Å². The van der Waals surface area contributed by atoms with Gasteiger partial charge in [-0.05, 0) is 33.6 Å². The second-order valence-electron chi connectivity index (χ2n) is 7.02. The molecule has 1 fully saturated rings. The van der Waals surface area contributed by atoms with E-state index in [1.165, 1.54) is 0 Å². The van der Waals surface area contributed by atoms with Crippen molar-refractivity contribution in [2.75, 3.05) is 52.3 Å². The molecule has 0 aromatic rings. The predicted octanol–water partition coefficient (Wildman–Crippen LogP) is 0.808. The summed E-state index contributed by atoms with van der Waals surface area (Å²) in [6.07, 6.45) is 1.96. The van der Waals surface area contributed by atoms with Gasteiger partial charge in [0.05, 0.1) is 23.7 Å². The zero-order valence-electron chi connectivity index (χ0n) is 15.4. The molecule has 1 aliphatic rings. The van der Waals surface area contributed by atoms with Crippen molar-refractivity contribution in [1.82, 2.24) is 10.6 Å². The van der Waals surface area contributed by atoms with E-state index in [2.05, 4.69) is 15.6 Å². The number of aliphatic imine (C=N–C) groups is 1. The minimum atomic E-state index is -3.12. The molecule has 7 nitrogen and oxygen atoms in total. The highest BCUT2D eigenvalue weighted by molar-refractivity contribution is 7.92. The lowest BCUT2D eigenvalue weighted by molar-refractivity contribution is 0.0888. The smallest absolute Gasteiger partial charge is 0.191 e. The molecule has 1 saturated heterocycles. The van der Waals surface area contributed by atoms with E-state index in [1.807, 2.05) is 0 Å². The fourth-order valence-electron chi connectivity index (χ4n) is 2.18. The molecule has 1 heterocycles. The second-order valence-corrected chi connectivity index (χ2v) is 9.88. The molecule has 0 aliphatic carbocycles. The van der Waals surface area contributed by atoms with Crippen molar-refractivity contribution >= 4 is 15.8 Å². The van der Waals surface area contributed by atoms with Crippen molar-refractivity contribution in [1.29, 1.82) is 0 Å². The summed E-state index contributed by atoms with van der Waals surface area (Å²) in [7, 11) is -1.45. The van der Waals surface area contributed by atoms with Gasteiger partial charge in [-0.25, -0.2) is 8.42 Å². The largest absolute Gasteiger partial charge is 0.381 e. The van der Waals surface area contributed by atoms with Crippen LogP contribution in [0.5, 0.6) is 0 Å². The number of hydrogen-bond donors (Lipinski definition) is 2. The standard InChI is InChI=1S/C16H33N3O4S/c1-16(2,3)24(20,21)11-8-19-15(17-4)18-7-5-9-22-12-14-6-10-23-13-14/h14H,5-13H2,1-4H3,(H2,17,18,19). The highest BCUT2D eigenvalue weighted by Crippen LogP contribution is 2.15. The lowest BCUT2D eigenvalue weighted by Crippen LogP contribution is -2.42. The van der Waals surface area contributed by atoms with Crippen LogP contribution < -0.4 is 10.6 Å². The number of sulfone groups is 1. The van der Waals surface area contributed by atoms with Gasteiger partial charge in [-0.15, -0.1) is 0 Å². The maximum absolute atomic E-state index is 12.0. The third kappa shape index (κ3) is 7.81. The van der Waals surface area contributed by atoms with Crippen molar-refractivity contribution in [3.63, 3.8) is 0 Å². The Balaban J connectivity index is 2.10. The van der Waals surface area contributed by atoms with E-state index in [1.54, 1.807) is 27.8 Å². The molecule has 0 aromatic carbocycles. The first kappa shape index (κ1) is 21.2. The number of ether oxygens (including phenoxy) is 2. The SMILES string of the molecule is CN=C(NCCCOCC1CCOC1)NCCS(=O)(=O)C(C)(C)C. The molecule has 0 bridgehead atoms. The van der Waals surface area contributed by atoms with Crippen molar-refractivity contribution in [2.45, 2.75) is 38.4 Å². The molecule has 1 rings (SSSR count). The van der Waals surface area contributed by atoms with E-state index < -0.39 is 14.6 Å². The van der Waals surface area contributed by atoms with Crippen molar-refractivity contribution in [2.24, 2.45) is 10.9 Å². The van der Waals surface area contributed by atoms with Gasteiger partial charge in [-0.1, -0.05) is 0 Å². The lowest BCUT2D eigenvalue weighted by Gasteiger charge is -2.19. The summed E-state index contributed by atoms with van der Waals surface area (Å²) in [5.41, 5.74) is 0. The predicted molar refractivity (Wildman–Crippen MR) is 97.3 cm³/mol. The molecule has 0 amide bonds. The molecule has 8 heteroatoms. The van der Waals surface area contributed by atoms with Gasteiger partial charge in [0, 0.05) is 39.3 Å². The first-order valence-electron chi connectivity index (χ1n) is 8.58. The molecule has 1 aliphatic heterocycles. The summed E-state index contributed by atoms with van der Waals surface area (Å²) >= 11 is 0. The van der Waals surface area contributed by atoms with Crippen LogP contribution in [0.15, 0.2) is 4.99 Å². The third-order valence-electron chi connectivity index (χ3n) is 3.96. The Morgan fingerprint density at radius 1 is 1.29 bits per heavy atom. The highest BCUT2D eigenvalue weighted by Gasteiger charge is 2.28. The van der Waals surface area contributed by atoms with Gasteiger partial charge in [0.2, 0.25) is 0 Å². The molecular formula is C16H33N3O4S. The van der Waals surface area contributed by atoms with Crippen LogP contribution in [-0.4, -0.2) is 71.4 Å². The summed E-state index contributed by atoms with van der Waals surface area (Å²) in [4.78, 5) is 4.09. The van der Waals surface area contributed by atoms with Crippen molar-refractivity contribution in [3.8, 4) is 0 Å². The van der Waals surface area contributed by atoms with E-state index in [0.29, 0.717) is 25.0 Å². The van der Waals surface area contributed by atoms with E-state index >= 15 is 0 Å². The van der Waals surface area contributed by atoms with Gasteiger partial charge in [0.15, 0.2) is 15.8 Å². The van der Waals surface area contributed by atoms with E-state index in [9.17, 15) is 8.42 Å². The van der Waals surface area contributed by atoms with E-state index in [-0.39, 0.29) is 5.75 Å². The molecule has 0 spiro atoms. The van der Waals surface area contributed by atoms with Crippen LogP contribution in [0.3, 0.4) is 0 Å². The number of rotatable bonds is 9. The summed E-state index contributed by atoms with van der Waals surface area (Å²) < 4.78 is 34.3. The maximum atomic E-state index is 12.0. The van der Waals surface area contributed by atoms with Crippen molar-refractivity contribution < 1.29 is 17.9 Å². The number of nitrogens with one attached hydrogen (secondary N) is 2. The average molecular weight is 364 g/mol. The van der Waals surface area contributed by atoms with Gasteiger partial charge in [-0.2, -0.15) is 0 Å². The average Bonchev–Trinajstić information content (AvgIpc) is 3.00. The molecule has 1 unspecified atom stereocenters. The molecule has 2 N–H and O–H groups in total. The molecule has 142 valence electrons. The zero-order chi connectivity index (χ0) is 18.1. The number of nitrogens with zero attached hydrogens (tertiary/aromatic N) is 1. The van der Waals surface area contributed by atoms with Crippen LogP contribution in [-0.2, 0) is 19.3 Å². The van der Waals surface area contributed by atoms with Gasteiger partial charge < -0.3 is 20.1 Å². The minimum absolute atomic E-state index is 0.0871. The maximum Gasteiger partial charge on any atom is 0.191 e. The van der Waals surface area contributed by atoms with Crippen LogP contribution in [0.2, 0.25) is 0 Å². The molecule has 1 atom stereocenters. The Labute approximate surface area is 146 Å². The Kier molecular flexibility index (Phi) is 9.01. The van der Waals surface area contributed by atoms with Crippen LogP contribution in [0.1, 0.15) is 33.6 Å². The monoisotopic (exact) mass is 363 g/mol. The van der Waals surface area contributed by atoms with Crippen LogP contribution in [0.4, 0.5) is 0 Å². The van der Waals surface area contributed by atoms with Crippen molar-refractivity contribution in [3.05, 3.63) is 0 Å². The Morgan fingerprint density at radius 2 is 2.00 bits per heavy atom. The highest BCUT2D eigenvalue weighted by atomic mass is 32.2. The van der Waals surface area contributed by atoms with Crippen LogP contribution >= 0.6 is 0 Å². The van der Waals surface area contributed by atoms with Gasteiger partial charge in [-0.3, -0.25) is 4.99 Å². The number of guanidine groups is 1. The van der Waals surface area contributed by atoms with Gasteiger partial charge >= 0.3 is 0 Å². The van der Waals surface area contributed by atoms with Crippen LogP contribution in [0.25, 0.3) is 0 Å². The Bertz CT molecular complexity index is 480. The minimum Gasteiger partial charge on any atom is -0.381 e. The normalized spacial score (nSPS) is 19.5. The molecule has 24 heavy (non-hydrogen) atoms. The second kappa shape index (κ2) is 10.2. The molecule has 0 aromatic heterocycles. The quantitative estimate of drug-likeness (QED) is 0.358. The van der Waals surface area contributed by atoms with Gasteiger partial charge in [0.25, 0.3) is 0 Å². The summed E-state index contributed by atoms with van der Waals surface area (Å²) in [5.74, 6) is 1.24. The molecule has 0 radical (unpaired) electrons. The fraction of sp³-hybridized carbons (Fsp3) is 0.938.